The molecule has 5 heteroatoms. The van der Waals surface area contributed by atoms with E-state index in [1.54, 1.807) is 0 Å². The van der Waals surface area contributed by atoms with E-state index in [0.29, 0.717) is 11.7 Å². The Labute approximate surface area is 113 Å². The highest BCUT2D eigenvalue weighted by Crippen LogP contribution is 2.25. The molecule has 1 aliphatic rings. The third-order valence-electron chi connectivity index (χ3n) is 4.04. The van der Waals surface area contributed by atoms with E-state index >= 15 is 0 Å². The first kappa shape index (κ1) is 12.4. The fourth-order valence-corrected chi connectivity index (χ4v) is 2.90. The normalized spacial score (nSPS) is 16.8. The lowest BCUT2D eigenvalue weighted by Gasteiger charge is -2.07. The molecule has 1 aliphatic carbocycles. The summed E-state index contributed by atoms with van der Waals surface area (Å²) in [7, 11) is 0. The molecule has 2 aromatic heterocycles. The predicted molar refractivity (Wildman–Crippen MR) is 74.5 cm³/mol. The van der Waals surface area contributed by atoms with E-state index in [-0.39, 0.29) is 0 Å². The monoisotopic (exact) mass is 260 g/mol. The number of aromatic nitrogens is 4. The third kappa shape index (κ3) is 2.29. The van der Waals surface area contributed by atoms with Crippen LogP contribution in [0.1, 0.15) is 51.3 Å². The van der Waals surface area contributed by atoms with Crippen molar-refractivity contribution < 1.29 is 4.57 Å². The van der Waals surface area contributed by atoms with Crippen molar-refractivity contribution in [2.45, 2.75) is 52.0 Å². The number of H-pyrrole nitrogens is 1. The van der Waals surface area contributed by atoms with Gasteiger partial charge in [-0.3, -0.25) is 0 Å². The van der Waals surface area contributed by atoms with Crippen LogP contribution in [0.3, 0.4) is 0 Å². The first-order valence-electron chi connectivity index (χ1n) is 7.18. The maximum atomic E-state index is 5.95. The van der Waals surface area contributed by atoms with Crippen LogP contribution in [-0.4, -0.2) is 15.0 Å². The number of nitrogens with zero attached hydrogens (tertiary/aromatic N) is 3. The van der Waals surface area contributed by atoms with Gasteiger partial charge in [0, 0.05) is 5.92 Å². The van der Waals surface area contributed by atoms with Crippen LogP contribution < -0.4 is 10.3 Å². The van der Waals surface area contributed by atoms with Gasteiger partial charge in [-0.05, 0) is 18.8 Å². The summed E-state index contributed by atoms with van der Waals surface area (Å²) in [6, 6.07) is 0. The minimum Gasteiger partial charge on any atom is -0.368 e. The van der Waals surface area contributed by atoms with Crippen molar-refractivity contribution in [3.8, 4) is 0 Å². The number of nitrogens with two attached hydrogens (primary N) is 1. The van der Waals surface area contributed by atoms with Crippen LogP contribution in [0.4, 0.5) is 5.82 Å². The summed E-state index contributed by atoms with van der Waals surface area (Å²) in [6.45, 7) is 5.26. The van der Waals surface area contributed by atoms with E-state index in [1.807, 2.05) is 6.33 Å². The van der Waals surface area contributed by atoms with Gasteiger partial charge >= 0.3 is 0 Å². The van der Waals surface area contributed by atoms with Gasteiger partial charge in [-0.2, -0.15) is 0 Å². The second-order valence-corrected chi connectivity index (χ2v) is 5.91. The Morgan fingerprint density at radius 1 is 1.42 bits per heavy atom. The van der Waals surface area contributed by atoms with Gasteiger partial charge < -0.3 is 10.7 Å². The molecule has 0 radical (unpaired) electrons. The molecule has 3 N–H and O–H groups in total. The predicted octanol–water partition coefficient (Wildman–Crippen LogP) is 2.14. The Morgan fingerprint density at radius 2 is 2.16 bits per heavy atom. The maximum absolute atomic E-state index is 5.95. The van der Waals surface area contributed by atoms with Crippen LogP contribution in [0.2, 0.25) is 0 Å². The molecule has 0 spiro atoms. The van der Waals surface area contributed by atoms with Crippen molar-refractivity contribution >= 4 is 17.0 Å². The molecule has 5 nitrogen and oxygen atoms in total. The Bertz CT molecular complexity index is 581. The molecule has 0 aliphatic heterocycles. The quantitative estimate of drug-likeness (QED) is 0.831. The van der Waals surface area contributed by atoms with Crippen LogP contribution in [-0.2, 0) is 6.54 Å². The van der Waals surface area contributed by atoms with Gasteiger partial charge in [-0.1, -0.05) is 36.7 Å². The minimum absolute atomic E-state index is 0.367. The highest BCUT2D eigenvalue weighted by molar-refractivity contribution is 5.78. The summed E-state index contributed by atoms with van der Waals surface area (Å²) in [5.74, 6) is 2.65. The number of nitrogens with one attached hydrogen (secondary N) is 1. The fraction of sp³-hybridized carbons (Fsp3) is 0.643. The molecule has 0 bridgehead atoms. The van der Waals surface area contributed by atoms with Crippen LogP contribution in [0, 0.1) is 5.92 Å². The molecule has 102 valence electrons. The Balaban J connectivity index is 2.01. The standard InChI is InChI=1S/C14H21N5/c1-9(2)13-17-11-12(15)16-8-19(14(11)18-13)7-10-5-3-4-6-10/h8-10H,3-7H2,1-2H3,(H2,15,17,18)/p+1. The van der Waals surface area contributed by atoms with E-state index in [0.717, 1.165) is 29.5 Å². The molecule has 3 rings (SSSR count). The lowest BCUT2D eigenvalue weighted by atomic mass is 10.1. The second-order valence-electron chi connectivity index (χ2n) is 5.91. The van der Waals surface area contributed by atoms with Gasteiger partial charge in [0.05, 0.1) is 6.54 Å². The molecular weight excluding hydrogens is 238 g/mol. The van der Waals surface area contributed by atoms with E-state index < -0.39 is 0 Å². The average Bonchev–Trinajstić information content (AvgIpc) is 3.01. The van der Waals surface area contributed by atoms with E-state index in [2.05, 4.69) is 28.4 Å². The van der Waals surface area contributed by atoms with Crippen molar-refractivity contribution in [2.75, 3.05) is 5.73 Å². The lowest BCUT2D eigenvalue weighted by Crippen LogP contribution is -2.38. The highest BCUT2D eigenvalue weighted by Gasteiger charge is 2.23. The molecule has 0 amide bonds. The van der Waals surface area contributed by atoms with Crippen molar-refractivity contribution in [3.63, 3.8) is 0 Å². The maximum Gasteiger partial charge on any atom is 0.293 e. The highest BCUT2D eigenvalue weighted by atomic mass is 15.1. The molecule has 0 saturated heterocycles. The molecule has 0 unspecified atom stereocenters. The van der Waals surface area contributed by atoms with E-state index in [4.69, 9.17) is 10.7 Å². The molecule has 0 aromatic carbocycles. The Hall–Kier alpha value is -1.65. The van der Waals surface area contributed by atoms with Gasteiger partial charge in [0.1, 0.15) is 0 Å². The van der Waals surface area contributed by atoms with Gasteiger partial charge in [0.25, 0.3) is 5.65 Å². The van der Waals surface area contributed by atoms with Crippen molar-refractivity contribution in [1.82, 2.24) is 15.0 Å². The molecule has 1 fully saturated rings. The van der Waals surface area contributed by atoms with Gasteiger partial charge in [0.15, 0.2) is 11.3 Å². The second kappa shape index (κ2) is 4.79. The molecular formula is C14H22N5+. The van der Waals surface area contributed by atoms with E-state index in [1.165, 1.54) is 25.7 Å². The average molecular weight is 260 g/mol. The van der Waals surface area contributed by atoms with Crippen LogP contribution in [0.25, 0.3) is 11.2 Å². The lowest BCUT2D eigenvalue weighted by molar-refractivity contribution is -0.682. The van der Waals surface area contributed by atoms with Crippen LogP contribution in [0.15, 0.2) is 6.33 Å². The zero-order chi connectivity index (χ0) is 13.4. The van der Waals surface area contributed by atoms with E-state index in [9.17, 15) is 0 Å². The zero-order valence-electron chi connectivity index (χ0n) is 11.7. The molecule has 2 heterocycles. The Morgan fingerprint density at radius 3 is 2.84 bits per heavy atom. The van der Waals surface area contributed by atoms with Gasteiger partial charge in [-0.25, -0.2) is 4.57 Å². The number of imidazole rings is 1. The van der Waals surface area contributed by atoms with Crippen molar-refractivity contribution in [1.29, 1.82) is 0 Å². The topological polar surface area (TPSA) is 71.5 Å². The smallest absolute Gasteiger partial charge is 0.293 e. The summed E-state index contributed by atoms with van der Waals surface area (Å²) < 4.78 is 2.16. The molecule has 1 saturated carbocycles. The SMILES string of the molecule is CC(C)c1nc2c([nH]1)c(N)nc[n+]2CC1CCCC1. The first-order valence-corrected chi connectivity index (χ1v) is 7.18. The Kier molecular flexibility index (Phi) is 3.12. The van der Waals surface area contributed by atoms with Gasteiger partial charge in [0.2, 0.25) is 12.1 Å². The number of hydrogen-bond acceptors (Lipinski definition) is 3. The summed E-state index contributed by atoms with van der Waals surface area (Å²) in [4.78, 5) is 12.3. The van der Waals surface area contributed by atoms with Crippen molar-refractivity contribution in [3.05, 3.63) is 12.2 Å². The summed E-state index contributed by atoms with van der Waals surface area (Å²) in [5.41, 5.74) is 7.78. The van der Waals surface area contributed by atoms with Crippen molar-refractivity contribution in [2.24, 2.45) is 5.92 Å². The third-order valence-corrected chi connectivity index (χ3v) is 4.04. The van der Waals surface area contributed by atoms with Gasteiger partial charge in [-0.15, -0.1) is 0 Å². The summed E-state index contributed by atoms with van der Waals surface area (Å²) in [6.07, 6.45) is 7.19. The number of rotatable bonds is 3. The number of aromatic amines is 1. The number of nitrogen functional groups attached to an aromatic ring is 1. The van der Waals surface area contributed by atoms with Crippen LogP contribution in [0.5, 0.6) is 0 Å². The largest absolute Gasteiger partial charge is 0.368 e. The summed E-state index contributed by atoms with van der Waals surface area (Å²) in [5, 5.41) is 0. The zero-order valence-corrected chi connectivity index (χ0v) is 11.7. The first-order chi connectivity index (χ1) is 9.15. The number of hydrogen-bond donors (Lipinski definition) is 2. The molecule has 19 heavy (non-hydrogen) atoms. The molecule has 2 aromatic rings. The summed E-state index contributed by atoms with van der Waals surface area (Å²) >= 11 is 0. The number of anilines is 1. The number of fused-ring (bicyclic) bond motifs is 1. The molecule has 0 atom stereocenters. The minimum atomic E-state index is 0.367. The van der Waals surface area contributed by atoms with Crippen LogP contribution >= 0.6 is 0 Å². The fourth-order valence-electron chi connectivity index (χ4n) is 2.90.